The van der Waals surface area contributed by atoms with Crippen molar-refractivity contribution in [2.45, 2.75) is 56.3 Å². The van der Waals surface area contributed by atoms with E-state index in [0.717, 1.165) is 12.8 Å². The van der Waals surface area contributed by atoms with E-state index < -0.39 is 12.1 Å². The Labute approximate surface area is 99.9 Å². The first-order valence-corrected chi connectivity index (χ1v) is 6.33. The predicted molar refractivity (Wildman–Crippen MR) is 58.8 cm³/mol. The second-order valence-electron chi connectivity index (χ2n) is 5.33. The second kappa shape index (κ2) is 4.76. The molecule has 2 nitrogen and oxygen atoms in total. The number of alkyl halides is 3. The van der Waals surface area contributed by atoms with Crippen LogP contribution in [0.15, 0.2) is 0 Å². The summed E-state index contributed by atoms with van der Waals surface area (Å²) in [6, 6.07) is 0.395. The highest BCUT2D eigenvalue weighted by molar-refractivity contribution is 4.94. The summed E-state index contributed by atoms with van der Waals surface area (Å²) in [5.41, 5.74) is -0.284. The average Bonchev–Trinajstić information content (AvgIpc) is 2.28. The molecule has 1 aliphatic carbocycles. The number of halogens is 3. The highest BCUT2D eigenvalue weighted by Gasteiger charge is 2.47. The van der Waals surface area contributed by atoms with Crippen LogP contribution in [0.25, 0.3) is 0 Å². The molecule has 2 aliphatic rings. The van der Waals surface area contributed by atoms with Crippen LogP contribution in [-0.2, 0) is 4.74 Å². The van der Waals surface area contributed by atoms with Crippen LogP contribution >= 0.6 is 0 Å². The van der Waals surface area contributed by atoms with Gasteiger partial charge >= 0.3 is 6.18 Å². The Hall–Kier alpha value is -0.290. The Balaban J connectivity index is 1.93. The maximum Gasteiger partial charge on any atom is 0.391 e. The monoisotopic (exact) mass is 251 g/mol. The van der Waals surface area contributed by atoms with Crippen molar-refractivity contribution in [1.82, 2.24) is 5.32 Å². The van der Waals surface area contributed by atoms with Crippen molar-refractivity contribution in [2.24, 2.45) is 5.92 Å². The Morgan fingerprint density at radius 2 is 1.82 bits per heavy atom. The van der Waals surface area contributed by atoms with Crippen molar-refractivity contribution in [1.29, 1.82) is 0 Å². The molecule has 17 heavy (non-hydrogen) atoms. The van der Waals surface area contributed by atoms with Crippen LogP contribution in [0.4, 0.5) is 13.2 Å². The quantitative estimate of drug-likeness (QED) is 0.773. The zero-order valence-corrected chi connectivity index (χ0v) is 10.1. The number of hydrogen-bond acceptors (Lipinski definition) is 2. The molecule has 1 N–H and O–H groups in total. The molecule has 2 rings (SSSR count). The van der Waals surface area contributed by atoms with Gasteiger partial charge in [-0.1, -0.05) is 0 Å². The lowest BCUT2D eigenvalue weighted by atomic mass is 9.74. The van der Waals surface area contributed by atoms with E-state index in [1.54, 1.807) is 0 Å². The first-order chi connectivity index (χ1) is 7.95. The number of nitrogens with one attached hydrogen (secondary N) is 1. The molecule has 0 aromatic heterocycles. The Kier molecular flexibility index (Phi) is 3.69. The fraction of sp³-hybridized carbons (Fsp3) is 1.00. The smallest absolute Gasteiger partial charge is 0.375 e. The van der Waals surface area contributed by atoms with E-state index in [4.69, 9.17) is 4.74 Å². The number of ether oxygens (including phenoxy) is 1. The van der Waals surface area contributed by atoms with Gasteiger partial charge in [-0.3, -0.25) is 0 Å². The minimum atomic E-state index is -4.03. The standard InChI is InChI=1S/C12H20F3NO/c1-16-10-4-7-17-11(8-10)5-2-9(3-6-11)12(13,14)15/h9-10,16H,2-8H2,1H3. The molecule has 1 spiro atoms. The highest BCUT2D eigenvalue weighted by atomic mass is 19.4. The molecule has 1 saturated heterocycles. The van der Waals surface area contributed by atoms with Crippen molar-refractivity contribution in [3.63, 3.8) is 0 Å². The molecule has 5 heteroatoms. The molecule has 0 aromatic carbocycles. The minimum Gasteiger partial charge on any atom is -0.375 e. The van der Waals surface area contributed by atoms with E-state index >= 15 is 0 Å². The topological polar surface area (TPSA) is 21.3 Å². The fourth-order valence-corrected chi connectivity index (χ4v) is 3.09. The first-order valence-electron chi connectivity index (χ1n) is 6.33. The second-order valence-corrected chi connectivity index (χ2v) is 5.33. The van der Waals surface area contributed by atoms with Gasteiger partial charge in [0, 0.05) is 12.6 Å². The summed E-state index contributed by atoms with van der Waals surface area (Å²) in [6.07, 6.45) is -0.668. The average molecular weight is 251 g/mol. The maximum atomic E-state index is 12.6. The first kappa shape index (κ1) is 13.1. The van der Waals surface area contributed by atoms with Crippen LogP contribution in [-0.4, -0.2) is 31.5 Å². The summed E-state index contributed by atoms with van der Waals surface area (Å²) in [7, 11) is 1.91. The van der Waals surface area contributed by atoms with Gasteiger partial charge in [0.2, 0.25) is 0 Å². The molecule has 0 amide bonds. The van der Waals surface area contributed by atoms with Gasteiger partial charge < -0.3 is 10.1 Å². The van der Waals surface area contributed by atoms with Crippen molar-refractivity contribution in [3.05, 3.63) is 0 Å². The van der Waals surface area contributed by atoms with Crippen molar-refractivity contribution in [2.75, 3.05) is 13.7 Å². The van der Waals surface area contributed by atoms with Gasteiger partial charge in [-0.25, -0.2) is 0 Å². The molecule has 0 radical (unpaired) electrons. The summed E-state index contributed by atoms with van der Waals surface area (Å²) < 4.78 is 43.6. The zero-order chi connectivity index (χ0) is 12.5. The molecule has 1 aliphatic heterocycles. The molecule has 1 unspecified atom stereocenters. The van der Waals surface area contributed by atoms with Gasteiger partial charge in [0.05, 0.1) is 11.5 Å². The fourth-order valence-electron chi connectivity index (χ4n) is 3.09. The van der Waals surface area contributed by atoms with E-state index in [0.29, 0.717) is 25.5 Å². The van der Waals surface area contributed by atoms with Crippen molar-refractivity contribution in [3.8, 4) is 0 Å². The molecule has 0 aromatic rings. The summed E-state index contributed by atoms with van der Waals surface area (Å²) in [5, 5.41) is 3.21. The predicted octanol–water partition coefficient (Wildman–Crippen LogP) is 2.88. The summed E-state index contributed by atoms with van der Waals surface area (Å²) in [5.74, 6) is -1.12. The van der Waals surface area contributed by atoms with Crippen LogP contribution in [0.2, 0.25) is 0 Å². The Morgan fingerprint density at radius 1 is 1.18 bits per heavy atom. The van der Waals surface area contributed by atoms with Crippen LogP contribution < -0.4 is 5.32 Å². The lowest BCUT2D eigenvalue weighted by Crippen LogP contribution is -2.49. The molecular weight excluding hydrogens is 231 g/mol. The molecule has 1 atom stereocenters. The van der Waals surface area contributed by atoms with Crippen LogP contribution in [0.5, 0.6) is 0 Å². The third-order valence-corrected chi connectivity index (χ3v) is 4.26. The highest BCUT2D eigenvalue weighted by Crippen LogP contribution is 2.45. The third kappa shape index (κ3) is 2.94. The molecule has 0 bridgehead atoms. The largest absolute Gasteiger partial charge is 0.391 e. The molecule has 2 fully saturated rings. The van der Waals surface area contributed by atoms with Crippen molar-refractivity contribution < 1.29 is 17.9 Å². The Bertz CT molecular complexity index is 259. The van der Waals surface area contributed by atoms with Gasteiger partial charge in [-0.15, -0.1) is 0 Å². The van der Waals surface area contributed by atoms with Gasteiger partial charge in [-0.2, -0.15) is 13.2 Å². The lowest BCUT2D eigenvalue weighted by molar-refractivity contribution is -0.201. The summed E-state index contributed by atoms with van der Waals surface area (Å²) in [4.78, 5) is 0. The lowest BCUT2D eigenvalue weighted by Gasteiger charge is -2.45. The third-order valence-electron chi connectivity index (χ3n) is 4.26. The van der Waals surface area contributed by atoms with E-state index in [1.807, 2.05) is 7.05 Å². The molecule has 1 saturated carbocycles. The van der Waals surface area contributed by atoms with Gasteiger partial charge in [-0.05, 0) is 45.6 Å². The normalized spacial score (nSPS) is 39.5. The number of rotatable bonds is 1. The molecule has 100 valence electrons. The van der Waals surface area contributed by atoms with Gasteiger partial charge in [0.25, 0.3) is 0 Å². The van der Waals surface area contributed by atoms with Crippen LogP contribution in [0, 0.1) is 5.92 Å². The summed E-state index contributed by atoms with van der Waals surface area (Å²) >= 11 is 0. The Morgan fingerprint density at radius 3 is 2.35 bits per heavy atom. The number of hydrogen-bond donors (Lipinski definition) is 1. The van der Waals surface area contributed by atoms with E-state index in [1.165, 1.54) is 0 Å². The summed E-state index contributed by atoms with van der Waals surface area (Å²) in [6.45, 7) is 0.669. The van der Waals surface area contributed by atoms with Crippen molar-refractivity contribution >= 4 is 0 Å². The zero-order valence-electron chi connectivity index (χ0n) is 10.1. The molecular formula is C12H20F3NO. The van der Waals surface area contributed by atoms with Crippen LogP contribution in [0.3, 0.4) is 0 Å². The van der Waals surface area contributed by atoms with E-state index in [2.05, 4.69) is 5.32 Å². The van der Waals surface area contributed by atoms with E-state index in [9.17, 15) is 13.2 Å². The maximum absolute atomic E-state index is 12.6. The molecule has 1 heterocycles. The minimum absolute atomic E-state index is 0.222. The SMILES string of the molecule is CNC1CCOC2(CCC(C(F)(F)F)CC2)C1. The van der Waals surface area contributed by atoms with E-state index in [-0.39, 0.29) is 18.4 Å². The van der Waals surface area contributed by atoms with Gasteiger partial charge in [0.1, 0.15) is 0 Å². The van der Waals surface area contributed by atoms with Gasteiger partial charge in [0.15, 0.2) is 0 Å². The van der Waals surface area contributed by atoms with Crippen LogP contribution in [0.1, 0.15) is 38.5 Å².